The normalized spacial score (nSPS) is 12.7. The van der Waals surface area contributed by atoms with Gasteiger partial charge in [-0.1, -0.05) is 6.07 Å². The van der Waals surface area contributed by atoms with Crippen LogP contribution in [0.1, 0.15) is 27.7 Å². The van der Waals surface area contributed by atoms with Crippen molar-refractivity contribution in [2.24, 2.45) is 5.84 Å². The Hall–Kier alpha value is -1.30. The van der Waals surface area contributed by atoms with Crippen LogP contribution in [0.25, 0.3) is 0 Å². The van der Waals surface area contributed by atoms with Crippen LogP contribution in [0.5, 0.6) is 0 Å². The first kappa shape index (κ1) is 12.2. The summed E-state index contributed by atoms with van der Waals surface area (Å²) in [5, 5.41) is 0. The lowest BCUT2D eigenvalue weighted by molar-refractivity contribution is 0.605. The van der Waals surface area contributed by atoms with Crippen LogP contribution in [0.2, 0.25) is 0 Å². The van der Waals surface area contributed by atoms with Gasteiger partial charge in [-0.05, 0) is 37.1 Å². The van der Waals surface area contributed by atoms with E-state index in [0.29, 0.717) is 0 Å². The minimum absolute atomic E-state index is 0.210. The summed E-state index contributed by atoms with van der Waals surface area (Å²) in [5.74, 6) is 5.33. The topological polar surface area (TPSA) is 50.9 Å². The van der Waals surface area contributed by atoms with Crippen molar-refractivity contribution < 1.29 is 4.39 Å². The number of nitrogens with zero attached hydrogens (tertiary/aromatic N) is 1. The third-order valence-electron chi connectivity index (χ3n) is 2.76. The molecule has 0 radical (unpaired) electrons. The Morgan fingerprint density at radius 3 is 2.76 bits per heavy atom. The number of hydrogen-bond donors (Lipinski definition) is 2. The molecule has 0 bridgehead atoms. The van der Waals surface area contributed by atoms with Crippen LogP contribution in [0, 0.1) is 19.7 Å². The highest BCUT2D eigenvalue weighted by atomic mass is 32.1. The Kier molecular flexibility index (Phi) is 3.51. The first-order chi connectivity index (χ1) is 8.13. The maximum Gasteiger partial charge on any atom is 0.123 e. The maximum absolute atomic E-state index is 13.3. The SMILES string of the molecule is Cc1ccc(F)cc1C(NN)c1scnc1C. The lowest BCUT2D eigenvalue weighted by atomic mass is 9.99. The largest absolute Gasteiger partial charge is 0.271 e. The van der Waals surface area contributed by atoms with Gasteiger partial charge >= 0.3 is 0 Å². The average molecular weight is 251 g/mol. The van der Waals surface area contributed by atoms with E-state index in [2.05, 4.69) is 10.4 Å². The van der Waals surface area contributed by atoms with Gasteiger partial charge in [0.05, 0.1) is 22.1 Å². The van der Waals surface area contributed by atoms with Crippen LogP contribution in [0.15, 0.2) is 23.7 Å². The van der Waals surface area contributed by atoms with Crippen molar-refractivity contribution in [2.45, 2.75) is 19.9 Å². The monoisotopic (exact) mass is 251 g/mol. The first-order valence-electron chi connectivity index (χ1n) is 5.25. The fraction of sp³-hybridized carbons (Fsp3) is 0.250. The number of halogens is 1. The molecule has 0 saturated carbocycles. The Morgan fingerprint density at radius 2 is 2.18 bits per heavy atom. The molecule has 1 heterocycles. The molecule has 17 heavy (non-hydrogen) atoms. The van der Waals surface area contributed by atoms with E-state index in [1.54, 1.807) is 11.6 Å². The second kappa shape index (κ2) is 4.91. The lowest BCUT2D eigenvalue weighted by Crippen LogP contribution is -2.29. The second-order valence-electron chi connectivity index (χ2n) is 3.90. The summed E-state index contributed by atoms with van der Waals surface area (Å²) in [6.07, 6.45) is 0. The molecule has 1 aromatic heterocycles. The molecule has 0 aliphatic heterocycles. The van der Waals surface area contributed by atoms with Gasteiger partial charge in [-0.15, -0.1) is 11.3 Å². The Labute approximate surface area is 103 Å². The van der Waals surface area contributed by atoms with Crippen LogP contribution in [-0.2, 0) is 0 Å². The van der Waals surface area contributed by atoms with Crippen LogP contribution in [-0.4, -0.2) is 4.98 Å². The van der Waals surface area contributed by atoms with Crippen molar-refractivity contribution >= 4 is 11.3 Å². The molecule has 0 aliphatic carbocycles. The van der Waals surface area contributed by atoms with Gasteiger partial charge in [0.2, 0.25) is 0 Å². The highest BCUT2D eigenvalue weighted by Gasteiger charge is 2.19. The molecule has 90 valence electrons. The van der Waals surface area contributed by atoms with Gasteiger partial charge in [0.25, 0.3) is 0 Å². The molecular weight excluding hydrogens is 237 g/mol. The average Bonchev–Trinajstić information content (AvgIpc) is 2.71. The molecule has 5 heteroatoms. The summed E-state index contributed by atoms with van der Waals surface area (Å²) in [4.78, 5) is 5.21. The first-order valence-corrected chi connectivity index (χ1v) is 6.13. The number of aromatic nitrogens is 1. The van der Waals surface area contributed by atoms with Crippen LogP contribution < -0.4 is 11.3 Å². The molecule has 2 rings (SSSR count). The molecule has 3 nitrogen and oxygen atoms in total. The zero-order chi connectivity index (χ0) is 12.4. The van der Waals surface area contributed by atoms with E-state index in [1.165, 1.54) is 23.5 Å². The predicted octanol–water partition coefficient (Wildman–Crippen LogP) is 2.45. The van der Waals surface area contributed by atoms with Crippen molar-refractivity contribution in [3.05, 3.63) is 51.2 Å². The van der Waals surface area contributed by atoms with E-state index < -0.39 is 0 Å². The second-order valence-corrected chi connectivity index (χ2v) is 4.79. The van der Waals surface area contributed by atoms with Crippen molar-refractivity contribution in [2.75, 3.05) is 0 Å². The van der Waals surface area contributed by atoms with Crippen molar-refractivity contribution in [3.63, 3.8) is 0 Å². The van der Waals surface area contributed by atoms with E-state index in [-0.39, 0.29) is 11.9 Å². The van der Waals surface area contributed by atoms with Gasteiger partial charge in [-0.25, -0.2) is 14.8 Å². The minimum Gasteiger partial charge on any atom is -0.271 e. The lowest BCUT2D eigenvalue weighted by Gasteiger charge is -2.17. The van der Waals surface area contributed by atoms with E-state index in [4.69, 9.17) is 5.84 Å². The zero-order valence-electron chi connectivity index (χ0n) is 9.70. The summed E-state index contributed by atoms with van der Waals surface area (Å²) >= 11 is 1.52. The highest BCUT2D eigenvalue weighted by Crippen LogP contribution is 2.29. The number of nitrogens with one attached hydrogen (secondary N) is 1. The Bertz CT molecular complexity index is 524. The number of benzene rings is 1. The standard InChI is InChI=1S/C12H14FN3S/c1-7-3-4-9(13)5-10(7)11(16-14)12-8(2)15-6-17-12/h3-6,11,16H,14H2,1-2H3. The number of aryl methyl sites for hydroxylation is 2. The van der Waals surface area contributed by atoms with Crippen molar-refractivity contribution in [1.29, 1.82) is 0 Å². The third-order valence-corrected chi connectivity index (χ3v) is 3.76. The highest BCUT2D eigenvalue weighted by molar-refractivity contribution is 7.09. The Morgan fingerprint density at radius 1 is 1.41 bits per heavy atom. The molecule has 2 aromatic rings. The number of nitrogens with two attached hydrogens (primary N) is 1. The van der Waals surface area contributed by atoms with Crippen LogP contribution in [0.3, 0.4) is 0 Å². The number of rotatable bonds is 3. The van der Waals surface area contributed by atoms with Gasteiger partial charge in [0.15, 0.2) is 0 Å². The molecule has 0 spiro atoms. The number of thiazole rings is 1. The molecule has 0 fully saturated rings. The van der Waals surface area contributed by atoms with Crippen molar-refractivity contribution in [1.82, 2.24) is 10.4 Å². The molecule has 0 amide bonds. The van der Waals surface area contributed by atoms with Gasteiger partial charge in [0, 0.05) is 0 Å². The zero-order valence-corrected chi connectivity index (χ0v) is 10.5. The molecule has 0 aliphatic rings. The molecule has 1 aromatic carbocycles. The summed E-state index contributed by atoms with van der Waals surface area (Å²) in [5.41, 5.74) is 7.27. The quantitative estimate of drug-likeness (QED) is 0.651. The Balaban J connectivity index is 2.49. The third kappa shape index (κ3) is 2.36. The molecular formula is C12H14FN3S. The van der Waals surface area contributed by atoms with E-state index in [0.717, 1.165) is 21.7 Å². The molecule has 1 unspecified atom stereocenters. The smallest absolute Gasteiger partial charge is 0.123 e. The molecule has 1 atom stereocenters. The number of hydrogen-bond acceptors (Lipinski definition) is 4. The van der Waals surface area contributed by atoms with Gasteiger partial charge in [-0.3, -0.25) is 5.84 Å². The van der Waals surface area contributed by atoms with Crippen molar-refractivity contribution in [3.8, 4) is 0 Å². The predicted molar refractivity (Wildman–Crippen MR) is 67.2 cm³/mol. The summed E-state index contributed by atoms with van der Waals surface area (Å²) < 4.78 is 13.3. The molecule has 3 N–H and O–H groups in total. The summed E-state index contributed by atoms with van der Waals surface area (Å²) in [7, 11) is 0. The van der Waals surface area contributed by atoms with Crippen LogP contribution in [0.4, 0.5) is 4.39 Å². The summed E-state index contributed by atoms with van der Waals surface area (Å²) in [6.45, 7) is 3.86. The van der Waals surface area contributed by atoms with E-state index in [1.807, 2.05) is 13.8 Å². The fourth-order valence-electron chi connectivity index (χ4n) is 1.82. The number of hydrazine groups is 1. The van der Waals surface area contributed by atoms with E-state index in [9.17, 15) is 4.39 Å². The molecule has 0 saturated heterocycles. The van der Waals surface area contributed by atoms with Gasteiger partial charge in [0.1, 0.15) is 5.82 Å². The maximum atomic E-state index is 13.3. The van der Waals surface area contributed by atoms with Crippen LogP contribution >= 0.6 is 11.3 Å². The fourth-order valence-corrected chi connectivity index (χ4v) is 2.70. The van der Waals surface area contributed by atoms with Gasteiger partial charge < -0.3 is 0 Å². The van der Waals surface area contributed by atoms with E-state index >= 15 is 0 Å². The van der Waals surface area contributed by atoms with Gasteiger partial charge in [-0.2, -0.15) is 0 Å². The summed E-state index contributed by atoms with van der Waals surface area (Å²) in [6, 6.07) is 4.51. The minimum atomic E-state index is -0.256.